The molecule has 0 saturated heterocycles. The summed E-state index contributed by atoms with van der Waals surface area (Å²) in [6, 6.07) is 7.78. The first-order chi connectivity index (χ1) is 7.61. The maximum absolute atomic E-state index is 11.3. The first kappa shape index (κ1) is 13.4. The Morgan fingerprint density at radius 2 is 2.00 bits per heavy atom. The normalized spacial score (nSPS) is 9.62. The number of halogens is 1. The van der Waals surface area contributed by atoms with Crippen molar-refractivity contribution in [2.45, 2.75) is 19.8 Å². The van der Waals surface area contributed by atoms with Gasteiger partial charge in [0.05, 0.1) is 0 Å². The van der Waals surface area contributed by atoms with Crippen LogP contribution in [0, 0.1) is 3.57 Å². The van der Waals surface area contributed by atoms with Crippen LogP contribution in [0.3, 0.4) is 0 Å². The molecule has 0 bridgehead atoms. The molecule has 0 saturated carbocycles. The van der Waals surface area contributed by atoms with Gasteiger partial charge in [0.25, 0.3) is 0 Å². The number of benzene rings is 1. The Kier molecular flexibility index (Phi) is 5.68. The Morgan fingerprint density at radius 3 is 2.56 bits per heavy atom. The van der Waals surface area contributed by atoms with E-state index in [1.54, 1.807) is 0 Å². The summed E-state index contributed by atoms with van der Waals surface area (Å²) < 4.78 is 1.16. The monoisotopic (exact) mass is 348 g/mol. The van der Waals surface area contributed by atoms with E-state index >= 15 is 0 Å². The van der Waals surface area contributed by atoms with E-state index in [1.807, 2.05) is 31.2 Å². The second-order valence-electron chi connectivity index (χ2n) is 3.26. The minimum atomic E-state index is -0.0505. The van der Waals surface area contributed by atoms with Gasteiger partial charge in [0.15, 0.2) is 5.11 Å². The SMILES string of the molecule is CCCC(=O)NC(=S)Nc1ccc(I)cc1. The molecule has 3 nitrogen and oxygen atoms in total. The average Bonchev–Trinajstić information content (AvgIpc) is 2.21. The molecular weight excluding hydrogens is 335 g/mol. The lowest BCUT2D eigenvalue weighted by Gasteiger charge is -2.08. The van der Waals surface area contributed by atoms with E-state index < -0.39 is 0 Å². The molecule has 1 aromatic rings. The van der Waals surface area contributed by atoms with Crippen LogP contribution in [0.5, 0.6) is 0 Å². The van der Waals surface area contributed by atoms with Gasteiger partial charge in [-0.1, -0.05) is 6.92 Å². The number of rotatable bonds is 3. The molecule has 2 N–H and O–H groups in total. The molecule has 0 radical (unpaired) electrons. The molecule has 1 aromatic carbocycles. The fraction of sp³-hybridized carbons (Fsp3) is 0.273. The summed E-state index contributed by atoms with van der Waals surface area (Å²) in [5.41, 5.74) is 0.877. The van der Waals surface area contributed by atoms with Crippen LogP contribution in [0.25, 0.3) is 0 Å². The van der Waals surface area contributed by atoms with Crippen molar-refractivity contribution in [1.29, 1.82) is 0 Å². The number of carbonyl (C=O) groups excluding carboxylic acids is 1. The molecule has 0 aliphatic carbocycles. The number of amides is 1. The summed E-state index contributed by atoms with van der Waals surface area (Å²) in [5.74, 6) is -0.0505. The third-order valence-corrected chi connectivity index (χ3v) is 2.76. The van der Waals surface area contributed by atoms with Crippen molar-refractivity contribution in [3.8, 4) is 0 Å². The molecule has 0 unspecified atom stereocenters. The van der Waals surface area contributed by atoms with Gasteiger partial charge in [0, 0.05) is 15.7 Å². The molecule has 0 aliphatic rings. The Hall–Kier alpha value is -0.690. The highest BCUT2D eigenvalue weighted by Gasteiger charge is 2.02. The number of nitrogens with one attached hydrogen (secondary N) is 2. The summed E-state index contributed by atoms with van der Waals surface area (Å²) in [4.78, 5) is 11.3. The predicted octanol–water partition coefficient (Wildman–Crippen LogP) is 2.90. The summed E-state index contributed by atoms with van der Waals surface area (Å²) in [7, 11) is 0. The van der Waals surface area contributed by atoms with Gasteiger partial charge in [0.1, 0.15) is 0 Å². The van der Waals surface area contributed by atoms with Crippen LogP contribution in [0.2, 0.25) is 0 Å². The lowest BCUT2D eigenvalue weighted by molar-refractivity contribution is -0.119. The van der Waals surface area contributed by atoms with Crippen molar-refractivity contribution in [3.63, 3.8) is 0 Å². The fourth-order valence-electron chi connectivity index (χ4n) is 1.11. The third-order valence-electron chi connectivity index (χ3n) is 1.83. The molecule has 1 amide bonds. The highest BCUT2D eigenvalue weighted by atomic mass is 127. The van der Waals surface area contributed by atoms with E-state index in [1.165, 1.54) is 0 Å². The minimum Gasteiger partial charge on any atom is -0.332 e. The number of thiocarbonyl (C=S) groups is 1. The quantitative estimate of drug-likeness (QED) is 0.652. The van der Waals surface area contributed by atoms with E-state index in [-0.39, 0.29) is 5.91 Å². The van der Waals surface area contributed by atoms with Crippen LogP contribution in [-0.2, 0) is 4.79 Å². The second kappa shape index (κ2) is 6.80. The minimum absolute atomic E-state index is 0.0505. The maximum Gasteiger partial charge on any atom is 0.226 e. The van der Waals surface area contributed by atoms with Gasteiger partial charge < -0.3 is 10.6 Å². The van der Waals surface area contributed by atoms with Gasteiger partial charge in [-0.25, -0.2) is 0 Å². The van der Waals surface area contributed by atoms with Crippen LogP contribution in [0.15, 0.2) is 24.3 Å². The zero-order chi connectivity index (χ0) is 12.0. The Labute approximate surface area is 114 Å². The number of hydrogen-bond acceptors (Lipinski definition) is 2. The highest BCUT2D eigenvalue weighted by Crippen LogP contribution is 2.10. The molecule has 1 rings (SSSR count). The molecule has 5 heteroatoms. The Balaban J connectivity index is 2.45. The molecule has 0 atom stereocenters. The van der Waals surface area contributed by atoms with Crippen LogP contribution < -0.4 is 10.6 Å². The molecular formula is C11H13IN2OS. The molecule has 0 aliphatic heterocycles. The molecule has 0 aromatic heterocycles. The van der Waals surface area contributed by atoms with E-state index in [9.17, 15) is 4.79 Å². The lowest BCUT2D eigenvalue weighted by Crippen LogP contribution is -2.33. The van der Waals surface area contributed by atoms with Crippen molar-refractivity contribution >= 4 is 51.5 Å². The van der Waals surface area contributed by atoms with Crippen LogP contribution in [-0.4, -0.2) is 11.0 Å². The van der Waals surface area contributed by atoms with E-state index in [0.29, 0.717) is 11.5 Å². The maximum atomic E-state index is 11.3. The van der Waals surface area contributed by atoms with Crippen molar-refractivity contribution < 1.29 is 4.79 Å². The molecule has 16 heavy (non-hydrogen) atoms. The zero-order valence-electron chi connectivity index (χ0n) is 8.92. The Bertz CT molecular complexity index is 378. The van der Waals surface area contributed by atoms with Gasteiger partial charge in [-0.05, 0) is 65.5 Å². The molecule has 0 heterocycles. The number of carbonyl (C=O) groups is 1. The fourth-order valence-corrected chi connectivity index (χ4v) is 1.70. The van der Waals surface area contributed by atoms with Crippen molar-refractivity contribution in [3.05, 3.63) is 27.8 Å². The standard InChI is InChI=1S/C11H13IN2OS/c1-2-3-10(15)14-11(16)13-9-6-4-8(12)5-7-9/h4-7H,2-3H2,1H3,(H2,13,14,15,16). The molecule has 86 valence electrons. The van der Waals surface area contributed by atoms with E-state index in [2.05, 4.69) is 33.2 Å². The van der Waals surface area contributed by atoms with Crippen molar-refractivity contribution in [2.24, 2.45) is 0 Å². The average molecular weight is 348 g/mol. The molecule has 0 spiro atoms. The van der Waals surface area contributed by atoms with Crippen molar-refractivity contribution in [1.82, 2.24) is 5.32 Å². The van der Waals surface area contributed by atoms with Crippen LogP contribution in [0.4, 0.5) is 5.69 Å². The van der Waals surface area contributed by atoms with Gasteiger partial charge >= 0.3 is 0 Å². The van der Waals surface area contributed by atoms with E-state index in [0.717, 1.165) is 15.7 Å². The summed E-state index contributed by atoms with van der Waals surface area (Å²) in [5, 5.41) is 5.92. The first-order valence-corrected chi connectivity index (χ1v) is 6.47. The largest absolute Gasteiger partial charge is 0.332 e. The summed E-state index contributed by atoms with van der Waals surface area (Å²) in [6.07, 6.45) is 1.31. The van der Waals surface area contributed by atoms with Crippen LogP contribution in [0.1, 0.15) is 19.8 Å². The predicted molar refractivity (Wildman–Crippen MR) is 78.4 cm³/mol. The van der Waals surface area contributed by atoms with Gasteiger partial charge in [-0.15, -0.1) is 0 Å². The first-order valence-electron chi connectivity index (χ1n) is 4.98. The molecule has 0 fully saturated rings. The number of hydrogen-bond donors (Lipinski definition) is 2. The summed E-state index contributed by atoms with van der Waals surface area (Å²) >= 11 is 7.25. The van der Waals surface area contributed by atoms with Crippen LogP contribution >= 0.6 is 34.8 Å². The van der Waals surface area contributed by atoms with E-state index in [4.69, 9.17) is 12.2 Å². The highest BCUT2D eigenvalue weighted by molar-refractivity contribution is 14.1. The Morgan fingerprint density at radius 1 is 1.38 bits per heavy atom. The summed E-state index contributed by atoms with van der Waals surface area (Å²) in [6.45, 7) is 1.95. The van der Waals surface area contributed by atoms with Crippen molar-refractivity contribution in [2.75, 3.05) is 5.32 Å². The topological polar surface area (TPSA) is 41.1 Å². The zero-order valence-corrected chi connectivity index (χ0v) is 11.9. The second-order valence-corrected chi connectivity index (χ2v) is 4.91. The third kappa shape index (κ3) is 4.89. The van der Waals surface area contributed by atoms with Gasteiger partial charge in [-0.3, -0.25) is 4.79 Å². The van der Waals surface area contributed by atoms with Gasteiger partial charge in [0.2, 0.25) is 5.91 Å². The smallest absolute Gasteiger partial charge is 0.226 e. The lowest BCUT2D eigenvalue weighted by atomic mass is 10.3. The van der Waals surface area contributed by atoms with Gasteiger partial charge in [-0.2, -0.15) is 0 Å². The number of anilines is 1.